The fourth-order valence-corrected chi connectivity index (χ4v) is 4.28. The first-order valence-electron chi connectivity index (χ1n) is 12.8. The summed E-state index contributed by atoms with van der Waals surface area (Å²) in [5, 5.41) is 17.2. The van der Waals surface area contributed by atoms with Gasteiger partial charge in [0.1, 0.15) is 18.2 Å². The number of alkyl halides is 3. The monoisotopic (exact) mass is 563 g/mol. The fourth-order valence-electron chi connectivity index (χ4n) is 4.28. The van der Waals surface area contributed by atoms with E-state index >= 15 is 0 Å². The van der Waals surface area contributed by atoms with Crippen molar-refractivity contribution < 1.29 is 42.0 Å². The molecule has 3 aromatic rings. The lowest BCUT2D eigenvalue weighted by atomic mass is 9.96. The Morgan fingerprint density at radius 2 is 1.68 bits per heavy atom. The fraction of sp³-hybridized carbons (Fsp3) is 0.400. The van der Waals surface area contributed by atoms with E-state index in [-0.39, 0.29) is 29.9 Å². The number of carboxylic acid groups (broad SMARTS) is 1. The Labute approximate surface area is 230 Å². The van der Waals surface area contributed by atoms with Crippen LogP contribution < -0.4 is 9.47 Å². The summed E-state index contributed by atoms with van der Waals surface area (Å²) >= 11 is 0. The number of hydrogen-bond donors (Lipinski definition) is 2. The van der Waals surface area contributed by atoms with Crippen LogP contribution in [0.2, 0.25) is 0 Å². The van der Waals surface area contributed by atoms with Gasteiger partial charge >= 0.3 is 6.18 Å². The molecule has 1 aliphatic carbocycles. The quantitative estimate of drug-likeness (QED) is 0.292. The van der Waals surface area contributed by atoms with E-state index in [0.717, 1.165) is 30.9 Å². The molecule has 0 radical (unpaired) electrons. The number of ether oxygens (including phenoxy) is 2. The van der Waals surface area contributed by atoms with Gasteiger partial charge in [-0.15, -0.1) is 0 Å². The maximum Gasteiger partial charge on any atom is 0.417 e. The average Bonchev–Trinajstić information content (AvgIpc) is 3.21. The third-order valence-electron chi connectivity index (χ3n) is 6.21. The number of carboxylic acids is 1. The van der Waals surface area contributed by atoms with Gasteiger partial charge in [-0.3, -0.25) is 4.79 Å². The second kappa shape index (κ2) is 12.7. The lowest BCUT2D eigenvalue weighted by molar-refractivity contribution is -0.137. The molecule has 0 saturated carbocycles. The van der Waals surface area contributed by atoms with E-state index in [1.54, 1.807) is 32.2 Å². The highest BCUT2D eigenvalue weighted by Gasteiger charge is 2.35. The lowest BCUT2D eigenvalue weighted by Crippen LogP contribution is -2.21. The summed E-state index contributed by atoms with van der Waals surface area (Å²) < 4.78 is 67.2. The maximum absolute atomic E-state index is 14.7. The summed E-state index contributed by atoms with van der Waals surface area (Å²) in [6.07, 6.45) is -0.747. The molecule has 2 aromatic carbocycles. The van der Waals surface area contributed by atoms with Crippen molar-refractivity contribution in [2.24, 2.45) is 5.92 Å². The summed E-state index contributed by atoms with van der Waals surface area (Å²) in [5.74, 6) is -0.534. The zero-order valence-electron chi connectivity index (χ0n) is 22.8. The van der Waals surface area contributed by atoms with Crippen LogP contribution in [-0.2, 0) is 30.4 Å². The lowest BCUT2D eigenvalue weighted by Gasteiger charge is -2.18. The zero-order valence-corrected chi connectivity index (χ0v) is 22.8. The molecule has 0 spiro atoms. The third-order valence-corrected chi connectivity index (χ3v) is 6.21. The van der Waals surface area contributed by atoms with Crippen molar-refractivity contribution in [1.82, 2.24) is 4.98 Å². The van der Waals surface area contributed by atoms with Crippen molar-refractivity contribution in [3.05, 3.63) is 76.7 Å². The smallest absolute Gasteiger partial charge is 0.417 e. The van der Waals surface area contributed by atoms with Crippen LogP contribution in [0.15, 0.2) is 48.7 Å². The van der Waals surface area contributed by atoms with Gasteiger partial charge in [0.25, 0.3) is 5.97 Å². The Morgan fingerprint density at radius 1 is 1.05 bits per heavy atom. The molecule has 40 heavy (non-hydrogen) atoms. The highest BCUT2D eigenvalue weighted by molar-refractivity contribution is 5.69. The minimum Gasteiger partial charge on any atom is -0.493 e. The summed E-state index contributed by atoms with van der Waals surface area (Å²) in [7, 11) is 0. The average molecular weight is 564 g/mol. The number of fused-ring (bicyclic) bond motifs is 1. The Hall–Kier alpha value is -3.66. The van der Waals surface area contributed by atoms with Crippen molar-refractivity contribution in [3.63, 3.8) is 0 Å². The normalized spacial score (nSPS) is 14.7. The second-order valence-corrected chi connectivity index (χ2v) is 10.5. The molecule has 0 bridgehead atoms. The molecule has 10 heteroatoms. The first-order valence-corrected chi connectivity index (χ1v) is 12.8. The summed E-state index contributed by atoms with van der Waals surface area (Å²) in [6.45, 7) is 6.55. The molecule has 2 N–H and O–H groups in total. The number of halogens is 4. The Bertz CT molecular complexity index is 1310. The van der Waals surface area contributed by atoms with E-state index in [0.29, 0.717) is 30.0 Å². The molecule has 1 aromatic heterocycles. The van der Waals surface area contributed by atoms with Crippen LogP contribution in [0.1, 0.15) is 56.4 Å². The Kier molecular flexibility index (Phi) is 9.78. The van der Waals surface area contributed by atoms with E-state index in [1.165, 1.54) is 18.2 Å². The number of hydrogen-bond acceptors (Lipinski definition) is 5. The largest absolute Gasteiger partial charge is 0.493 e. The van der Waals surface area contributed by atoms with Gasteiger partial charge in [0.2, 0.25) is 5.88 Å². The molecule has 216 valence electrons. The molecule has 1 heterocycles. The number of aliphatic hydroxyl groups is 1. The van der Waals surface area contributed by atoms with Gasteiger partial charge < -0.3 is 19.7 Å². The Morgan fingerprint density at radius 3 is 2.27 bits per heavy atom. The van der Waals surface area contributed by atoms with Gasteiger partial charge in [-0.25, -0.2) is 9.37 Å². The van der Waals surface area contributed by atoms with Crippen molar-refractivity contribution in [2.45, 2.75) is 65.3 Å². The Balaban J connectivity index is 0.00000103. The minimum absolute atomic E-state index is 0.000768. The minimum atomic E-state index is -4.74. The number of rotatable bonds is 8. The highest BCUT2D eigenvalue weighted by Crippen LogP contribution is 2.39. The SMILES string of the molecule is CC(=O)O.CC1Cc2cnc(OCc3cc(-c4ccc(OCCC(C)(C)O)cc4)c(C(F)(F)F)cc3F)cc2C1. The van der Waals surface area contributed by atoms with Crippen LogP contribution >= 0.6 is 0 Å². The zero-order chi connectivity index (χ0) is 29.7. The molecule has 1 atom stereocenters. The van der Waals surface area contributed by atoms with Gasteiger partial charge in [-0.05, 0) is 79.1 Å². The van der Waals surface area contributed by atoms with E-state index in [1.807, 2.05) is 6.07 Å². The number of aliphatic carboxylic acids is 1. The topological polar surface area (TPSA) is 88.9 Å². The van der Waals surface area contributed by atoms with Crippen LogP contribution in [-0.4, -0.2) is 33.4 Å². The molecule has 1 aliphatic rings. The molecule has 0 fully saturated rings. The van der Waals surface area contributed by atoms with Gasteiger partial charge in [0.15, 0.2) is 0 Å². The number of carbonyl (C=O) groups is 1. The van der Waals surface area contributed by atoms with Gasteiger partial charge in [-0.2, -0.15) is 13.2 Å². The summed E-state index contributed by atoms with van der Waals surface area (Å²) in [5.41, 5.74) is 0.450. The molecular formula is C30H33F4NO5. The van der Waals surface area contributed by atoms with Crippen LogP contribution in [0.5, 0.6) is 11.6 Å². The molecule has 6 nitrogen and oxygen atoms in total. The highest BCUT2D eigenvalue weighted by atomic mass is 19.4. The number of benzene rings is 2. The standard InChI is InChI=1S/C28H29F4NO3.C2H4O2/c1-17-10-19-13-26(33-15-20(19)11-17)36-16-21-12-23(24(14-25(21)29)28(30,31)32)18-4-6-22(7-5-18)35-9-8-27(2,3)34;1-2(3)4/h4-7,12-15,17,34H,8-11,16H2,1-3H3;1H3,(H,3,4). The van der Waals surface area contributed by atoms with Gasteiger partial charge in [0, 0.05) is 31.2 Å². The van der Waals surface area contributed by atoms with E-state index in [2.05, 4.69) is 11.9 Å². The molecule has 0 aliphatic heterocycles. The van der Waals surface area contributed by atoms with Crippen molar-refractivity contribution in [3.8, 4) is 22.8 Å². The van der Waals surface area contributed by atoms with Crippen LogP contribution in [0.25, 0.3) is 11.1 Å². The third kappa shape index (κ3) is 8.94. The van der Waals surface area contributed by atoms with Crippen molar-refractivity contribution >= 4 is 5.97 Å². The first-order chi connectivity index (χ1) is 18.6. The van der Waals surface area contributed by atoms with Gasteiger partial charge in [0.05, 0.1) is 17.8 Å². The molecule has 1 unspecified atom stereocenters. The number of aromatic nitrogens is 1. The molecule has 4 rings (SSSR count). The summed E-state index contributed by atoms with van der Waals surface area (Å²) in [6, 6.07) is 9.60. The summed E-state index contributed by atoms with van der Waals surface area (Å²) in [4.78, 5) is 13.3. The first kappa shape index (κ1) is 30.9. The number of nitrogens with zero attached hydrogens (tertiary/aromatic N) is 1. The molecular weight excluding hydrogens is 530 g/mol. The molecule has 0 amide bonds. The predicted octanol–water partition coefficient (Wildman–Crippen LogP) is 6.85. The predicted molar refractivity (Wildman–Crippen MR) is 142 cm³/mol. The van der Waals surface area contributed by atoms with Crippen LogP contribution in [0, 0.1) is 11.7 Å². The maximum atomic E-state index is 14.7. The van der Waals surface area contributed by atoms with Crippen LogP contribution in [0.3, 0.4) is 0 Å². The van der Waals surface area contributed by atoms with E-state index in [9.17, 15) is 22.7 Å². The second-order valence-electron chi connectivity index (χ2n) is 10.5. The number of pyridine rings is 1. The van der Waals surface area contributed by atoms with Crippen molar-refractivity contribution in [1.29, 1.82) is 0 Å². The van der Waals surface area contributed by atoms with E-state index < -0.39 is 29.1 Å². The van der Waals surface area contributed by atoms with Gasteiger partial charge in [-0.1, -0.05) is 19.1 Å². The van der Waals surface area contributed by atoms with E-state index in [4.69, 9.17) is 19.4 Å². The van der Waals surface area contributed by atoms with Crippen LogP contribution in [0.4, 0.5) is 17.6 Å². The molecule has 0 saturated heterocycles. The van der Waals surface area contributed by atoms with Crippen molar-refractivity contribution in [2.75, 3.05) is 6.61 Å².